The molecule has 15 aromatic heterocycles. The number of aromatic hydroxyl groups is 1. The smallest absolute Gasteiger partial charge is 0.281 e. The Morgan fingerprint density at radius 2 is 0.748 bits per heavy atom. The van der Waals surface area contributed by atoms with Crippen molar-refractivity contribution in [1.29, 1.82) is 0 Å². The quantitative estimate of drug-likeness (QED) is 0.0633. The molecule has 2 fully saturated rings. The maximum absolute atomic E-state index is 13.0. The van der Waals surface area contributed by atoms with Gasteiger partial charge in [0.2, 0.25) is 10.0 Å². The summed E-state index contributed by atoms with van der Waals surface area (Å²) in [4.78, 5) is 87.0. The molecule has 0 bridgehead atoms. The van der Waals surface area contributed by atoms with Crippen molar-refractivity contribution in [2.24, 2.45) is 0 Å². The molecule has 1 aliphatic carbocycles. The second-order valence-corrected chi connectivity index (χ2v) is 34.2. The number of imidazole rings is 5. The number of alkyl halides is 10. The van der Waals surface area contributed by atoms with Gasteiger partial charge in [0.15, 0.2) is 67.2 Å². The Labute approximate surface area is 736 Å². The maximum atomic E-state index is 13.0. The van der Waals surface area contributed by atoms with E-state index in [1.165, 1.54) is 123 Å². The van der Waals surface area contributed by atoms with Crippen molar-refractivity contribution in [3.8, 4) is 85.9 Å². The van der Waals surface area contributed by atoms with Gasteiger partial charge in [-0.2, -0.15) is 0 Å². The molecule has 3 N–H and O–H groups in total. The third-order valence-corrected chi connectivity index (χ3v) is 24.7. The van der Waals surface area contributed by atoms with Crippen LogP contribution in [0.2, 0.25) is 0 Å². The first kappa shape index (κ1) is 89.6. The summed E-state index contributed by atoms with van der Waals surface area (Å²) in [6.07, 6.45) is 24.1. The fraction of sp³-hybridized carbons (Fsp3) is 0.247. The Hall–Kier alpha value is -14.8. The number of aromatic nitrogens is 25. The lowest BCUT2D eigenvalue weighted by molar-refractivity contribution is 0.145. The van der Waals surface area contributed by atoms with E-state index in [4.69, 9.17) is 0 Å². The monoisotopic (exact) mass is 1840 g/mol. The van der Waals surface area contributed by atoms with E-state index >= 15 is 0 Å². The van der Waals surface area contributed by atoms with Crippen LogP contribution in [0.4, 0.5) is 55.5 Å². The van der Waals surface area contributed by atoms with Gasteiger partial charge in [-0.3, -0.25) is 22.0 Å². The number of allylic oxidation sites excluding steroid dienone is 2. The molecular formula is C85H74F10N28O6S2. The van der Waals surface area contributed by atoms with E-state index in [9.17, 15) is 71.0 Å². The molecule has 0 radical (unpaired) electrons. The standard InChI is InChI=1S/C18H13F2N5O.C17H19F2N7O2S.C17H18F2N6O2S.C17H11F2N5O.C16H13F2N5/c19-17(20)14-9-25-15(7-23-16(25)8-22-14)18-21-5-4-13(24-18)12-3-1-2-11(6-12)10-26;1-20-29(27,28)11-3-2-6-25(9-11)14-4-5-21-17(24-14)13-7-23-15-8-22-12(16(18)19)10-26(13)15;1-28(26,27)11-3-2-6-24(9-11)14-4-5-20-17(23-14)13-7-22-15-8-21-12(16(18)19)10-25(13)15;18-16(19)13-9-24-14(7-22-15(24)8-21-13)17-20-5-4-12(23-17)10-2-1-3-11(25)6-10;17-15(18)12-9-23-13(7-21-14(23)8-20-12)16-19-6-5-11(22-16)10-3-1-2-4-10/h1-9,17,26H,10H2;4-5,7-8,10-11,16,20H,2-3,6,9H2,1H3;4-5,7-8,10-11,16H,2-3,6,9H2,1H3;1-9,16,25H;3,5-9,15H,1-2,4H2. The van der Waals surface area contributed by atoms with Gasteiger partial charge >= 0.3 is 0 Å². The lowest BCUT2D eigenvalue weighted by Crippen LogP contribution is -2.45. The largest absolute Gasteiger partial charge is 0.508 e. The number of anilines is 2. The van der Waals surface area contributed by atoms with Crippen molar-refractivity contribution >= 4 is 65.3 Å². The summed E-state index contributed by atoms with van der Waals surface area (Å²) in [5.74, 6) is 3.07. The van der Waals surface area contributed by atoms with Crippen LogP contribution >= 0.6 is 0 Å². The molecule has 3 aliphatic rings. The number of phenolic OH excluding ortho intramolecular Hbond substituents is 1. The predicted octanol–water partition coefficient (Wildman–Crippen LogP) is 14.3. The fourth-order valence-corrected chi connectivity index (χ4v) is 16.8. The minimum Gasteiger partial charge on any atom is -0.508 e. The van der Waals surface area contributed by atoms with Crippen LogP contribution in [0.15, 0.2) is 209 Å². The summed E-state index contributed by atoms with van der Waals surface area (Å²) in [6.45, 7) is 1.96. The van der Waals surface area contributed by atoms with Gasteiger partial charge in [-0.15, -0.1) is 0 Å². The molecule has 2 aliphatic heterocycles. The molecule has 131 heavy (non-hydrogen) atoms. The van der Waals surface area contributed by atoms with E-state index < -0.39 is 62.5 Å². The lowest BCUT2D eigenvalue weighted by Gasteiger charge is -2.33. The van der Waals surface area contributed by atoms with Gasteiger partial charge in [-0.25, -0.2) is 165 Å². The van der Waals surface area contributed by atoms with E-state index in [-0.39, 0.29) is 40.8 Å². The average molecular weight is 1840 g/mol. The van der Waals surface area contributed by atoms with Gasteiger partial charge in [-0.1, -0.05) is 36.4 Å². The first-order valence-electron chi connectivity index (χ1n) is 40.2. The van der Waals surface area contributed by atoms with Crippen LogP contribution in [-0.4, -0.2) is 199 Å². The molecule has 17 aromatic rings. The Balaban J connectivity index is 0.000000120. The molecule has 2 saturated heterocycles. The number of phenols is 1. The van der Waals surface area contributed by atoms with Gasteiger partial charge in [0, 0.05) is 106 Å². The number of aliphatic hydroxyl groups excluding tert-OH is 1. The molecule has 672 valence electrons. The van der Waals surface area contributed by atoms with Crippen molar-refractivity contribution in [2.45, 2.75) is 94.2 Å². The SMILES string of the molecule is CNS(=O)(=O)C1CCCN(c2ccnc(-c3cnc4cnc(C(F)F)cn34)n2)C1.CS(=O)(=O)C1CCCN(c2ccnc(-c3cnc4cnc(C(F)F)cn34)n2)C1.FC(F)c1cn2c(-c3nccc(C4=CCCC4)n3)cnc2cn1.OCc1cccc(-c2ccnc(-c3cnc4cnc(C(F)F)cn34)n2)c1.Oc1cccc(-c2ccnc(-c3cnc4cnc(C(F)F)cn34)n2)c1. The number of fused-ring (bicyclic) bond motifs is 5. The highest BCUT2D eigenvalue weighted by Crippen LogP contribution is 2.34. The summed E-state index contributed by atoms with van der Waals surface area (Å²) in [5, 5.41) is 17.9. The number of hydrogen-bond acceptors (Lipinski definition) is 28. The fourth-order valence-electron chi connectivity index (χ4n) is 14.6. The Morgan fingerprint density at radius 3 is 1.10 bits per heavy atom. The van der Waals surface area contributed by atoms with E-state index in [1.807, 2.05) is 40.1 Å². The number of halogens is 10. The third-order valence-electron chi connectivity index (χ3n) is 21.2. The van der Waals surface area contributed by atoms with Crippen molar-refractivity contribution < 1.29 is 71.0 Å². The van der Waals surface area contributed by atoms with E-state index in [0.29, 0.717) is 160 Å². The van der Waals surface area contributed by atoms with Crippen molar-refractivity contribution in [2.75, 3.05) is 49.3 Å². The zero-order valence-electron chi connectivity index (χ0n) is 68.9. The van der Waals surface area contributed by atoms with Crippen LogP contribution in [-0.2, 0) is 26.5 Å². The highest BCUT2D eigenvalue weighted by molar-refractivity contribution is 7.91. The van der Waals surface area contributed by atoms with Crippen molar-refractivity contribution in [3.63, 3.8) is 0 Å². The number of piperidine rings is 2. The number of nitrogens with one attached hydrogen (secondary N) is 1. The second-order valence-electron chi connectivity index (χ2n) is 29.7. The number of sulfone groups is 1. The summed E-state index contributed by atoms with van der Waals surface area (Å²) >= 11 is 0. The average Bonchev–Trinajstić information content (AvgIpc) is 1.70. The van der Waals surface area contributed by atoms with Crippen molar-refractivity contribution in [3.05, 3.63) is 249 Å². The number of sulfonamides is 1. The van der Waals surface area contributed by atoms with Gasteiger partial charge in [-0.05, 0) is 112 Å². The van der Waals surface area contributed by atoms with Gasteiger partial charge < -0.3 is 20.0 Å². The first-order chi connectivity index (χ1) is 63.2. The van der Waals surface area contributed by atoms with Gasteiger partial charge in [0.05, 0.1) is 96.2 Å². The molecule has 2 unspecified atom stereocenters. The van der Waals surface area contributed by atoms with E-state index in [1.54, 1.807) is 90.1 Å². The molecule has 2 atom stereocenters. The van der Waals surface area contributed by atoms with Crippen LogP contribution < -0.4 is 14.5 Å². The Morgan fingerprint density at radius 1 is 0.405 bits per heavy atom. The lowest BCUT2D eigenvalue weighted by atomic mass is 10.1. The van der Waals surface area contributed by atoms with Crippen LogP contribution in [0.25, 0.3) is 114 Å². The number of benzene rings is 2. The van der Waals surface area contributed by atoms with Crippen LogP contribution in [0.1, 0.15) is 117 Å². The summed E-state index contributed by atoms with van der Waals surface area (Å²) in [7, 11) is -5.12. The van der Waals surface area contributed by atoms with E-state index in [2.05, 4.69) is 110 Å². The first-order valence-corrected chi connectivity index (χ1v) is 43.7. The molecule has 17 heterocycles. The van der Waals surface area contributed by atoms with Gasteiger partial charge in [0.25, 0.3) is 32.1 Å². The third kappa shape index (κ3) is 20.4. The normalized spacial score (nSPS) is 14.8. The Bertz CT molecular complexity index is 7270. The molecular weight excluding hydrogens is 1760 g/mol. The summed E-state index contributed by atoms with van der Waals surface area (Å²) in [5.41, 5.74) is 8.50. The molecule has 20 rings (SSSR count). The number of aliphatic hydroxyl groups is 1. The number of rotatable bonds is 19. The molecule has 0 amide bonds. The van der Waals surface area contributed by atoms with Crippen LogP contribution in [0.5, 0.6) is 5.75 Å². The summed E-state index contributed by atoms with van der Waals surface area (Å²) in [6, 6.07) is 22.7. The molecule has 2 aromatic carbocycles. The predicted molar refractivity (Wildman–Crippen MR) is 458 cm³/mol. The second kappa shape index (κ2) is 39.0. The molecule has 34 nitrogen and oxygen atoms in total. The minimum absolute atomic E-state index is 0.0670. The minimum atomic E-state index is -3.38. The Kier molecular flexibility index (Phi) is 26.7. The van der Waals surface area contributed by atoms with Crippen molar-refractivity contribution in [1.82, 2.24) is 126 Å². The van der Waals surface area contributed by atoms with Gasteiger partial charge in [0.1, 0.15) is 74.3 Å². The van der Waals surface area contributed by atoms with E-state index in [0.717, 1.165) is 42.5 Å². The highest BCUT2D eigenvalue weighted by Gasteiger charge is 2.33. The zero-order chi connectivity index (χ0) is 91.8. The molecule has 46 heteroatoms. The summed E-state index contributed by atoms with van der Waals surface area (Å²) < 4.78 is 187. The highest BCUT2D eigenvalue weighted by atomic mass is 32.2. The molecule has 0 spiro atoms. The number of hydrogen-bond donors (Lipinski definition) is 3. The van der Waals surface area contributed by atoms with Crippen LogP contribution in [0.3, 0.4) is 0 Å². The van der Waals surface area contributed by atoms with Crippen LogP contribution in [0, 0.1) is 0 Å². The topological polar surface area (TPSA) is 407 Å². The zero-order valence-corrected chi connectivity index (χ0v) is 70.5. The number of nitrogens with zero attached hydrogens (tertiary/aromatic N) is 27. The maximum Gasteiger partial charge on any atom is 0.281 e. The molecule has 0 saturated carbocycles.